The number of carbonyl (C=O) groups excluding carboxylic acids is 1. The molecule has 2 rings (SSSR count). The van der Waals surface area contributed by atoms with Crippen molar-refractivity contribution in [2.75, 3.05) is 13.1 Å². The molecule has 0 aliphatic carbocycles. The molecule has 0 radical (unpaired) electrons. The van der Waals surface area contributed by atoms with Gasteiger partial charge in [0, 0.05) is 11.7 Å². The fourth-order valence-corrected chi connectivity index (χ4v) is 2.00. The third-order valence-electron chi connectivity index (χ3n) is 3.14. The number of amides is 1. The predicted octanol–water partition coefficient (Wildman–Crippen LogP) is 1.09. The van der Waals surface area contributed by atoms with E-state index in [9.17, 15) is 9.18 Å². The monoisotopic (exact) mass is 237 g/mol. The highest BCUT2D eigenvalue weighted by atomic mass is 19.1. The van der Waals surface area contributed by atoms with Crippen molar-refractivity contribution in [2.24, 2.45) is 0 Å². The minimum Gasteiger partial charge on any atom is -0.347 e. The number of halogens is 1. The number of pyridine rings is 1. The first-order valence-electron chi connectivity index (χ1n) is 5.73. The maximum absolute atomic E-state index is 13.4. The summed E-state index contributed by atoms with van der Waals surface area (Å²) in [6.45, 7) is 3.73. The van der Waals surface area contributed by atoms with Gasteiger partial charge in [-0.05, 0) is 38.9 Å². The van der Waals surface area contributed by atoms with E-state index in [0.29, 0.717) is 0 Å². The van der Waals surface area contributed by atoms with Crippen molar-refractivity contribution in [1.82, 2.24) is 15.6 Å². The standard InChI is InChI=1S/C12H16FN3O/c1-12(3-6-14-7-4-12)16-11(17)9-2-5-15-8-10(9)13/h2,5,8,14H,3-4,6-7H2,1H3,(H,16,17). The molecule has 2 heterocycles. The van der Waals surface area contributed by atoms with Crippen molar-refractivity contribution in [3.05, 3.63) is 29.8 Å². The van der Waals surface area contributed by atoms with Gasteiger partial charge in [-0.1, -0.05) is 0 Å². The van der Waals surface area contributed by atoms with Crippen LogP contribution < -0.4 is 10.6 Å². The molecule has 0 aromatic carbocycles. The van der Waals surface area contributed by atoms with Gasteiger partial charge in [0.15, 0.2) is 5.82 Å². The van der Waals surface area contributed by atoms with E-state index >= 15 is 0 Å². The van der Waals surface area contributed by atoms with E-state index in [0.717, 1.165) is 32.1 Å². The second-order valence-electron chi connectivity index (χ2n) is 4.62. The number of nitrogens with zero attached hydrogens (tertiary/aromatic N) is 1. The first-order valence-corrected chi connectivity index (χ1v) is 5.73. The van der Waals surface area contributed by atoms with E-state index in [1.54, 1.807) is 0 Å². The lowest BCUT2D eigenvalue weighted by Gasteiger charge is -2.35. The van der Waals surface area contributed by atoms with Crippen LogP contribution in [0, 0.1) is 5.82 Å². The highest BCUT2D eigenvalue weighted by Gasteiger charge is 2.29. The van der Waals surface area contributed by atoms with Gasteiger partial charge in [0.25, 0.3) is 5.91 Å². The summed E-state index contributed by atoms with van der Waals surface area (Å²) in [5, 5.41) is 6.13. The Kier molecular flexibility index (Phi) is 3.38. The molecular formula is C12H16FN3O. The fourth-order valence-electron chi connectivity index (χ4n) is 2.00. The van der Waals surface area contributed by atoms with Crippen molar-refractivity contribution in [3.63, 3.8) is 0 Å². The number of piperidine rings is 1. The molecule has 17 heavy (non-hydrogen) atoms. The lowest BCUT2D eigenvalue weighted by atomic mass is 9.90. The highest BCUT2D eigenvalue weighted by molar-refractivity contribution is 5.94. The smallest absolute Gasteiger partial charge is 0.254 e. The maximum atomic E-state index is 13.4. The summed E-state index contributed by atoms with van der Waals surface area (Å²) < 4.78 is 13.4. The molecule has 0 atom stereocenters. The molecule has 5 heteroatoms. The van der Waals surface area contributed by atoms with Crippen LogP contribution in [0.1, 0.15) is 30.1 Å². The van der Waals surface area contributed by atoms with Gasteiger partial charge in [-0.25, -0.2) is 4.39 Å². The van der Waals surface area contributed by atoms with Crippen LogP contribution in [-0.2, 0) is 0 Å². The minimum absolute atomic E-state index is 0.0553. The third-order valence-corrected chi connectivity index (χ3v) is 3.14. The maximum Gasteiger partial charge on any atom is 0.254 e. The SMILES string of the molecule is CC1(NC(=O)c2ccncc2F)CCNCC1. The van der Waals surface area contributed by atoms with Crippen LogP contribution in [0.2, 0.25) is 0 Å². The Balaban J connectivity index is 2.09. The van der Waals surface area contributed by atoms with Gasteiger partial charge in [0.2, 0.25) is 0 Å². The normalized spacial score (nSPS) is 18.7. The Morgan fingerprint density at radius 3 is 2.88 bits per heavy atom. The van der Waals surface area contributed by atoms with Crippen molar-refractivity contribution in [3.8, 4) is 0 Å². The number of rotatable bonds is 2. The predicted molar refractivity (Wildman–Crippen MR) is 62.2 cm³/mol. The summed E-state index contributed by atoms with van der Waals surface area (Å²) >= 11 is 0. The van der Waals surface area contributed by atoms with Crippen molar-refractivity contribution in [1.29, 1.82) is 0 Å². The Morgan fingerprint density at radius 2 is 2.24 bits per heavy atom. The Labute approximate surface area is 99.6 Å². The second kappa shape index (κ2) is 4.79. The zero-order chi connectivity index (χ0) is 12.3. The van der Waals surface area contributed by atoms with E-state index in [4.69, 9.17) is 0 Å². The Bertz CT molecular complexity index is 416. The molecule has 1 aromatic heterocycles. The average Bonchev–Trinajstić information content (AvgIpc) is 2.29. The second-order valence-corrected chi connectivity index (χ2v) is 4.62. The summed E-state index contributed by atoms with van der Waals surface area (Å²) in [5.74, 6) is -0.947. The minimum atomic E-state index is -0.581. The van der Waals surface area contributed by atoms with Crippen molar-refractivity contribution < 1.29 is 9.18 Å². The van der Waals surface area contributed by atoms with Crippen LogP contribution >= 0.6 is 0 Å². The molecule has 4 nitrogen and oxygen atoms in total. The number of carbonyl (C=O) groups is 1. The zero-order valence-electron chi connectivity index (χ0n) is 9.79. The quantitative estimate of drug-likeness (QED) is 0.809. The van der Waals surface area contributed by atoms with E-state index in [2.05, 4.69) is 15.6 Å². The lowest BCUT2D eigenvalue weighted by molar-refractivity contribution is 0.0883. The molecule has 1 saturated heterocycles. The number of hydrogen-bond donors (Lipinski definition) is 2. The average molecular weight is 237 g/mol. The fraction of sp³-hybridized carbons (Fsp3) is 0.500. The summed E-state index contributed by atoms with van der Waals surface area (Å²) in [4.78, 5) is 15.6. The van der Waals surface area contributed by atoms with Crippen LogP contribution in [-0.4, -0.2) is 29.5 Å². The summed E-state index contributed by atoms with van der Waals surface area (Å²) in [7, 11) is 0. The molecule has 0 bridgehead atoms. The zero-order valence-corrected chi connectivity index (χ0v) is 9.79. The van der Waals surface area contributed by atoms with Gasteiger partial charge in [-0.2, -0.15) is 0 Å². The van der Waals surface area contributed by atoms with Gasteiger partial charge in [-0.3, -0.25) is 9.78 Å². The molecule has 0 spiro atoms. The Hall–Kier alpha value is -1.49. The molecule has 1 aliphatic heterocycles. The van der Waals surface area contributed by atoms with Crippen LogP contribution in [0.5, 0.6) is 0 Å². The first-order chi connectivity index (χ1) is 8.11. The van der Waals surface area contributed by atoms with Gasteiger partial charge in [0.1, 0.15) is 0 Å². The van der Waals surface area contributed by atoms with Gasteiger partial charge < -0.3 is 10.6 Å². The van der Waals surface area contributed by atoms with E-state index in [1.807, 2.05) is 6.92 Å². The van der Waals surface area contributed by atoms with E-state index < -0.39 is 5.82 Å². The van der Waals surface area contributed by atoms with Crippen molar-refractivity contribution >= 4 is 5.91 Å². The molecular weight excluding hydrogens is 221 g/mol. The van der Waals surface area contributed by atoms with Crippen LogP contribution in [0.25, 0.3) is 0 Å². The molecule has 1 fully saturated rings. The first kappa shape index (κ1) is 12.0. The Morgan fingerprint density at radius 1 is 1.53 bits per heavy atom. The number of nitrogens with one attached hydrogen (secondary N) is 2. The highest BCUT2D eigenvalue weighted by Crippen LogP contribution is 2.18. The molecule has 2 N–H and O–H groups in total. The number of aromatic nitrogens is 1. The molecule has 1 amide bonds. The van der Waals surface area contributed by atoms with Crippen LogP contribution in [0.4, 0.5) is 4.39 Å². The lowest BCUT2D eigenvalue weighted by Crippen LogP contribution is -2.52. The molecule has 0 saturated carbocycles. The van der Waals surface area contributed by atoms with Crippen LogP contribution in [0.15, 0.2) is 18.5 Å². The summed E-state index contributed by atoms with van der Waals surface area (Å²) in [5.41, 5.74) is -0.197. The van der Waals surface area contributed by atoms with Gasteiger partial charge in [-0.15, -0.1) is 0 Å². The molecule has 0 unspecified atom stereocenters. The van der Waals surface area contributed by atoms with Gasteiger partial charge >= 0.3 is 0 Å². The van der Waals surface area contributed by atoms with Crippen LogP contribution in [0.3, 0.4) is 0 Å². The molecule has 1 aromatic rings. The topological polar surface area (TPSA) is 54.0 Å². The van der Waals surface area contributed by atoms with Crippen molar-refractivity contribution in [2.45, 2.75) is 25.3 Å². The third kappa shape index (κ3) is 2.79. The van der Waals surface area contributed by atoms with E-state index in [-0.39, 0.29) is 17.0 Å². The van der Waals surface area contributed by atoms with E-state index in [1.165, 1.54) is 12.3 Å². The molecule has 1 aliphatic rings. The molecule has 92 valence electrons. The largest absolute Gasteiger partial charge is 0.347 e. The summed E-state index contributed by atoms with van der Waals surface area (Å²) in [6, 6.07) is 1.40. The van der Waals surface area contributed by atoms with Gasteiger partial charge in [0.05, 0.1) is 11.8 Å². The number of hydrogen-bond acceptors (Lipinski definition) is 3. The summed E-state index contributed by atoms with van der Waals surface area (Å²) in [6.07, 6.45) is 4.18.